The lowest BCUT2D eigenvalue weighted by Gasteiger charge is -2.25. The molecule has 0 fully saturated rings. The van der Waals surface area contributed by atoms with Gasteiger partial charge in [-0.05, 0) is 49.1 Å². The zero-order valence-corrected chi connectivity index (χ0v) is 18.0. The summed E-state index contributed by atoms with van der Waals surface area (Å²) in [4.78, 5) is 10.9. The highest BCUT2D eigenvalue weighted by molar-refractivity contribution is 7.89. The van der Waals surface area contributed by atoms with Gasteiger partial charge in [0.1, 0.15) is 12.4 Å². The van der Waals surface area contributed by atoms with E-state index in [0.717, 1.165) is 11.1 Å². The number of aryl methyl sites for hydroxylation is 1. The van der Waals surface area contributed by atoms with Crippen molar-refractivity contribution in [2.24, 2.45) is 0 Å². The summed E-state index contributed by atoms with van der Waals surface area (Å²) in [5.74, 6) is -0.460. The van der Waals surface area contributed by atoms with E-state index in [1.165, 1.54) is 4.31 Å². The van der Waals surface area contributed by atoms with Crippen LogP contribution in [0, 0.1) is 20.8 Å². The standard InChI is InChI=1S/C21H27NO6S/c1-15-12-19(27-4)16(2)17(3)21(15)29(25,26)22(10-11-28-14-20(23)24)13-18-8-6-5-7-9-18/h5-9,12H,10-11,13-14H2,1-4H3,(H,23,24). The Hall–Kier alpha value is -2.42. The minimum atomic E-state index is -3.86. The van der Waals surface area contributed by atoms with E-state index in [1.807, 2.05) is 37.3 Å². The smallest absolute Gasteiger partial charge is 0.329 e. The maximum atomic E-state index is 13.6. The third-order valence-corrected chi connectivity index (χ3v) is 6.84. The molecule has 0 spiro atoms. The van der Waals surface area contributed by atoms with Gasteiger partial charge < -0.3 is 14.6 Å². The Balaban J connectivity index is 2.42. The molecule has 8 heteroatoms. The SMILES string of the molecule is COc1cc(C)c(S(=O)(=O)N(CCOCC(=O)O)Cc2ccccc2)c(C)c1C. The summed E-state index contributed by atoms with van der Waals surface area (Å²) >= 11 is 0. The van der Waals surface area contributed by atoms with Crippen molar-refractivity contribution in [2.45, 2.75) is 32.2 Å². The largest absolute Gasteiger partial charge is 0.496 e. The van der Waals surface area contributed by atoms with Crippen LogP contribution < -0.4 is 4.74 Å². The third kappa shape index (κ3) is 5.56. The molecule has 2 aromatic rings. The summed E-state index contributed by atoms with van der Waals surface area (Å²) in [6.45, 7) is 5.02. The van der Waals surface area contributed by atoms with Gasteiger partial charge in [0.2, 0.25) is 10.0 Å². The van der Waals surface area contributed by atoms with Gasteiger partial charge in [-0.2, -0.15) is 4.31 Å². The van der Waals surface area contributed by atoms with E-state index in [9.17, 15) is 13.2 Å². The lowest BCUT2D eigenvalue weighted by molar-refractivity contribution is -0.142. The summed E-state index contributed by atoms with van der Waals surface area (Å²) in [7, 11) is -2.31. The average molecular weight is 422 g/mol. The maximum Gasteiger partial charge on any atom is 0.329 e. The predicted octanol–water partition coefficient (Wildman–Crippen LogP) is 2.91. The molecule has 7 nitrogen and oxygen atoms in total. The second-order valence-electron chi connectivity index (χ2n) is 6.75. The van der Waals surface area contributed by atoms with Crippen molar-refractivity contribution in [3.8, 4) is 5.75 Å². The number of carboxylic acid groups (broad SMARTS) is 1. The van der Waals surface area contributed by atoms with Crippen LogP contribution in [-0.4, -0.2) is 50.7 Å². The van der Waals surface area contributed by atoms with Gasteiger partial charge in [-0.15, -0.1) is 0 Å². The summed E-state index contributed by atoms with van der Waals surface area (Å²) in [6.07, 6.45) is 0. The van der Waals surface area contributed by atoms with Crippen LogP contribution in [0.5, 0.6) is 5.75 Å². The number of nitrogens with zero attached hydrogens (tertiary/aromatic N) is 1. The Bertz CT molecular complexity index is 957. The Labute approximate surface area is 171 Å². The molecule has 0 saturated heterocycles. The van der Waals surface area contributed by atoms with Gasteiger partial charge in [0, 0.05) is 13.1 Å². The minimum absolute atomic E-state index is 0.0222. The highest BCUT2D eigenvalue weighted by atomic mass is 32.2. The summed E-state index contributed by atoms with van der Waals surface area (Å²) in [5.41, 5.74) is 2.81. The van der Waals surface area contributed by atoms with E-state index in [0.29, 0.717) is 16.9 Å². The molecular formula is C21H27NO6S. The molecule has 0 unspecified atom stereocenters. The molecule has 0 amide bonds. The Morgan fingerprint density at radius 3 is 2.34 bits per heavy atom. The van der Waals surface area contributed by atoms with Crippen LogP contribution in [0.15, 0.2) is 41.3 Å². The summed E-state index contributed by atoms with van der Waals surface area (Å²) in [6, 6.07) is 11.0. The van der Waals surface area contributed by atoms with E-state index in [-0.39, 0.29) is 24.6 Å². The van der Waals surface area contributed by atoms with Crippen LogP contribution in [0.4, 0.5) is 0 Å². The van der Waals surface area contributed by atoms with E-state index in [1.54, 1.807) is 27.0 Å². The summed E-state index contributed by atoms with van der Waals surface area (Å²) in [5, 5.41) is 8.74. The Morgan fingerprint density at radius 1 is 1.10 bits per heavy atom. The van der Waals surface area contributed by atoms with Gasteiger partial charge in [-0.1, -0.05) is 30.3 Å². The fourth-order valence-electron chi connectivity index (χ4n) is 3.16. The molecular weight excluding hydrogens is 394 g/mol. The molecule has 0 aliphatic carbocycles. The second-order valence-corrected chi connectivity index (χ2v) is 8.62. The van der Waals surface area contributed by atoms with Gasteiger partial charge in [-0.25, -0.2) is 13.2 Å². The first-order chi connectivity index (χ1) is 13.7. The van der Waals surface area contributed by atoms with Crippen LogP contribution in [-0.2, 0) is 26.1 Å². The lowest BCUT2D eigenvalue weighted by atomic mass is 10.1. The number of aliphatic carboxylic acids is 1. The summed E-state index contributed by atoms with van der Waals surface area (Å²) < 4.78 is 38.9. The van der Waals surface area contributed by atoms with E-state index >= 15 is 0 Å². The van der Waals surface area contributed by atoms with Gasteiger partial charge in [0.15, 0.2) is 0 Å². The van der Waals surface area contributed by atoms with Gasteiger partial charge in [0.05, 0.1) is 18.6 Å². The molecule has 0 aliphatic rings. The number of carboxylic acids is 1. The molecule has 0 bridgehead atoms. The van der Waals surface area contributed by atoms with Crippen molar-refractivity contribution in [3.05, 3.63) is 58.7 Å². The number of sulfonamides is 1. The molecule has 0 radical (unpaired) electrons. The third-order valence-electron chi connectivity index (χ3n) is 4.71. The molecule has 1 N–H and O–H groups in total. The predicted molar refractivity (Wildman–Crippen MR) is 110 cm³/mol. The molecule has 0 saturated carbocycles. The van der Waals surface area contributed by atoms with Crippen LogP contribution in [0.25, 0.3) is 0 Å². The van der Waals surface area contributed by atoms with Crippen LogP contribution in [0.2, 0.25) is 0 Å². The normalized spacial score (nSPS) is 11.6. The fourth-order valence-corrected chi connectivity index (χ4v) is 5.05. The van der Waals surface area contributed by atoms with Crippen LogP contribution in [0.1, 0.15) is 22.3 Å². The number of methoxy groups -OCH3 is 1. The fraction of sp³-hybridized carbons (Fsp3) is 0.381. The van der Waals surface area contributed by atoms with Crippen molar-refractivity contribution in [3.63, 3.8) is 0 Å². The highest BCUT2D eigenvalue weighted by Gasteiger charge is 2.29. The van der Waals surface area contributed by atoms with E-state index in [4.69, 9.17) is 14.6 Å². The quantitative estimate of drug-likeness (QED) is 0.593. The number of hydrogen-bond acceptors (Lipinski definition) is 5. The maximum absolute atomic E-state index is 13.6. The number of benzene rings is 2. The molecule has 0 aliphatic heterocycles. The molecule has 2 rings (SSSR count). The van der Waals surface area contributed by atoms with Gasteiger partial charge in [0.25, 0.3) is 0 Å². The van der Waals surface area contributed by atoms with Gasteiger partial charge >= 0.3 is 5.97 Å². The van der Waals surface area contributed by atoms with Gasteiger partial charge in [-0.3, -0.25) is 0 Å². The molecule has 158 valence electrons. The van der Waals surface area contributed by atoms with Crippen LogP contribution >= 0.6 is 0 Å². The lowest BCUT2D eigenvalue weighted by Crippen LogP contribution is -2.35. The van der Waals surface area contributed by atoms with Crippen molar-refractivity contribution in [1.82, 2.24) is 4.31 Å². The molecule has 29 heavy (non-hydrogen) atoms. The zero-order valence-electron chi connectivity index (χ0n) is 17.1. The number of hydrogen-bond donors (Lipinski definition) is 1. The number of rotatable bonds is 10. The van der Waals surface area contributed by atoms with E-state index < -0.39 is 22.6 Å². The van der Waals surface area contributed by atoms with E-state index in [2.05, 4.69) is 0 Å². The second kappa shape index (κ2) is 9.87. The van der Waals surface area contributed by atoms with Crippen LogP contribution in [0.3, 0.4) is 0 Å². The first-order valence-electron chi connectivity index (χ1n) is 9.17. The molecule has 2 aromatic carbocycles. The van der Waals surface area contributed by atoms with Crippen molar-refractivity contribution < 1.29 is 27.8 Å². The first kappa shape index (κ1) is 22.9. The number of carbonyl (C=O) groups is 1. The zero-order chi connectivity index (χ0) is 21.6. The Kier molecular flexibility index (Phi) is 7.78. The molecule has 0 aromatic heterocycles. The van der Waals surface area contributed by atoms with Crippen molar-refractivity contribution in [1.29, 1.82) is 0 Å². The number of ether oxygens (including phenoxy) is 2. The van der Waals surface area contributed by atoms with Crippen molar-refractivity contribution >= 4 is 16.0 Å². The topological polar surface area (TPSA) is 93.1 Å². The Morgan fingerprint density at radius 2 is 1.76 bits per heavy atom. The highest BCUT2D eigenvalue weighted by Crippen LogP contribution is 2.32. The monoisotopic (exact) mass is 421 g/mol. The van der Waals surface area contributed by atoms with Crippen molar-refractivity contribution in [2.75, 3.05) is 26.9 Å². The molecule has 0 atom stereocenters. The molecule has 0 heterocycles. The average Bonchev–Trinajstić information content (AvgIpc) is 2.67. The first-order valence-corrected chi connectivity index (χ1v) is 10.6. The minimum Gasteiger partial charge on any atom is -0.496 e.